The third-order valence-electron chi connectivity index (χ3n) is 5.77. The monoisotopic (exact) mass is 314 g/mol. The van der Waals surface area contributed by atoms with E-state index >= 15 is 0 Å². The normalized spacial score (nSPS) is 30.3. The predicted molar refractivity (Wildman–Crippen MR) is 93.2 cm³/mol. The van der Waals surface area contributed by atoms with Crippen molar-refractivity contribution in [1.29, 1.82) is 0 Å². The SMILES string of the molecule is C=CCOc1ccc(C2CCC3CC(C=C)CCC3C2)cc1F. The molecule has 4 atom stereocenters. The second-order valence-electron chi connectivity index (χ2n) is 7.13. The second kappa shape index (κ2) is 7.33. The van der Waals surface area contributed by atoms with Gasteiger partial charge in [0, 0.05) is 0 Å². The largest absolute Gasteiger partial charge is 0.486 e. The Balaban J connectivity index is 1.65. The minimum absolute atomic E-state index is 0.248. The summed E-state index contributed by atoms with van der Waals surface area (Å²) < 4.78 is 19.5. The topological polar surface area (TPSA) is 9.23 Å². The van der Waals surface area contributed by atoms with E-state index in [9.17, 15) is 4.39 Å². The summed E-state index contributed by atoms with van der Waals surface area (Å²) in [6.07, 6.45) is 11.3. The van der Waals surface area contributed by atoms with Gasteiger partial charge in [0.25, 0.3) is 0 Å². The summed E-state index contributed by atoms with van der Waals surface area (Å²) in [7, 11) is 0. The maximum atomic E-state index is 14.2. The second-order valence-corrected chi connectivity index (χ2v) is 7.13. The summed E-state index contributed by atoms with van der Waals surface area (Å²) in [6, 6.07) is 5.50. The van der Waals surface area contributed by atoms with E-state index in [2.05, 4.69) is 19.2 Å². The fourth-order valence-electron chi connectivity index (χ4n) is 4.48. The van der Waals surface area contributed by atoms with Crippen molar-refractivity contribution in [2.24, 2.45) is 17.8 Å². The van der Waals surface area contributed by atoms with E-state index in [4.69, 9.17) is 4.74 Å². The highest BCUT2D eigenvalue weighted by Crippen LogP contribution is 2.47. The van der Waals surface area contributed by atoms with Crippen molar-refractivity contribution in [2.45, 2.75) is 44.4 Å². The van der Waals surface area contributed by atoms with Crippen LogP contribution in [0, 0.1) is 23.6 Å². The smallest absolute Gasteiger partial charge is 0.165 e. The molecule has 0 spiro atoms. The molecule has 0 amide bonds. The maximum absolute atomic E-state index is 14.2. The predicted octanol–water partition coefficient (Wildman–Crippen LogP) is 5.88. The molecule has 124 valence electrons. The first kappa shape index (κ1) is 16.3. The number of hydrogen-bond donors (Lipinski definition) is 0. The van der Waals surface area contributed by atoms with E-state index in [-0.39, 0.29) is 5.82 Å². The van der Waals surface area contributed by atoms with Gasteiger partial charge in [-0.05, 0) is 79.9 Å². The lowest BCUT2D eigenvalue weighted by Crippen LogP contribution is -2.29. The lowest BCUT2D eigenvalue weighted by Gasteiger charge is -2.41. The number of benzene rings is 1. The molecule has 1 nitrogen and oxygen atoms in total. The molecule has 23 heavy (non-hydrogen) atoms. The molecule has 2 aliphatic rings. The molecule has 1 aromatic rings. The number of halogens is 1. The highest BCUT2D eigenvalue weighted by Gasteiger charge is 2.35. The molecule has 2 fully saturated rings. The zero-order valence-electron chi connectivity index (χ0n) is 13.8. The van der Waals surface area contributed by atoms with Gasteiger partial charge < -0.3 is 4.74 Å². The minimum atomic E-state index is -0.248. The molecule has 0 aromatic heterocycles. The van der Waals surface area contributed by atoms with Gasteiger partial charge >= 0.3 is 0 Å². The van der Waals surface area contributed by atoms with E-state index in [1.807, 2.05) is 6.07 Å². The Kier molecular flexibility index (Phi) is 5.20. The maximum Gasteiger partial charge on any atom is 0.165 e. The van der Waals surface area contributed by atoms with Crippen LogP contribution in [0.1, 0.15) is 50.0 Å². The minimum Gasteiger partial charge on any atom is -0.486 e. The van der Waals surface area contributed by atoms with Crippen LogP contribution in [0.25, 0.3) is 0 Å². The van der Waals surface area contributed by atoms with Gasteiger partial charge in [0.2, 0.25) is 0 Å². The zero-order chi connectivity index (χ0) is 16.2. The van der Waals surface area contributed by atoms with Crippen molar-refractivity contribution in [3.63, 3.8) is 0 Å². The summed E-state index contributed by atoms with van der Waals surface area (Å²) in [6.45, 7) is 7.90. The highest BCUT2D eigenvalue weighted by molar-refractivity contribution is 5.32. The average Bonchev–Trinajstić information content (AvgIpc) is 2.59. The molecule has 1 aromatic carbocycles. The van der Waals surface area contributed by atoms with Crippen LogP contribution >= 0.6 is 0 Å². The molecule has 3 rings (SSSR count). The number of hydrogen-bond acceptors (Lipinski definition) is 1. The van der Waals surface area contributed by atoms with Crippen LogP contribution < -0.4 is 4.74 Å². The molecular formula is C21H27FO. The Morgan fingerprint density at radius 3 is 2.61 bits per heavy atom. The van der Waals surface area contributed by atoms with Gasteiger partial charge in [-0.15, -0.1) is 6.58 Å². The van der Waals surface area contributed by atoms with Crippen molar-refractivity contribution < 1.29 is 9.13 Å². The van der Waals surface area contributed by atoms with Crippen molar-refractivity contribution in [3.05, 3.63) is 54.9 Å². The molecule has 2 aliphatic carbocycles. The van der Waals surface area contributed by atoms with Crippen LogP contribution in [0.15, 0.2) is 43.5 Å². The average molecular weight is 314 g/mol. The van der Waals surface area contributed by atoms with Crippen LogP contribution in [-0.4, -0.2) is 6.61 Å². The number of allylic oxidation sites excluding steroid dienone is 1. The van der Waals surface area contributed by atoms with Crippen molar-refractivity contribution in [1.82, 2.24) is 0 Å². The third kappa shape index (κ3) is 3.68. The summed E-state index contributed by atoms with van der Waals surface area (Å²) in [5, 5.41) is 0. The van der Waals surface area contributed by atoms with Gasteiger partial charge in [-0.3, -0.25) is 0 Å². The van der Waals surface area contributed by atoms with Crippen LogP contribution in [0.5, 0.6) is 5.75 Å². The molecule has 0 radical (unpaired) electrons. The molecule has 0 heterocycles. The zero-order valence-corrected chi connectivity index (χ0v) is 13.8. The number of ether oxygens (including phenoxy) is 1. The highest BCUT2D eigenvalue weighted by atomic mass is 19.1. The van der Waals surface area contributed by atoms with Gasteiger partial charge in [0.15, 0.2) is 11.6 Å². The Bertz CT molecular complexity index is 565. The Morgan fingerprint density at radius 1 is 1.09 bits per heavy atom. The number of fused-ring (bicyclic) bond motifs is 1. The van der Waals surface area contributed by atoms with E-state index in [1.165, 1.54) is 38.5 Å². The van der Waals surface area contributed by atoms with Crippen molar-refractivity contribution in [3.8, 4) is 5.75 Å². The van der Waals surface area contributed by atoms with Crippen LogP contribution in [0.3, 0.4) is 0 Å². The van der Waals surface area contributed by atoms with Crippen LogP contribution in [0.2, 0.25) is 0 Å². The molecule has 0 saturated heterocycles. The van der Waals surface area contributed by atoms with Crippen LogP contribution in [-0.2, 0) is 0 Å². The van der Waals surface area contributed by atoms with Crippen molar-refractivity contribution in [2.75, 3.05) is 6.61 Å². The van der Waals surface area contributed by atoms with Crippen LogP contribution in [0.4, 0.5) is 4.39 Å². The van der Waals surface area contributed by atoms with Gasteiger partial charge in [0.05, 0.1) is 0 Å². The Morgan fingerprint density at radius 2 is 1.87 bits per heavy atom. The molecule has 2 heteroatoms. The fraction of sp³-hybridized carbons (Fsp3) is 0.524. The molecule has 0 bridgehead atoms. The van der Waals surface area contributed by atoms with E-state index in [1.54, 1.807) is 18.2 Å². The summed E-state index contributed by atoms with van der Waals surface area (Å²) in [4.78, 5) is 0. The lowest BCUT2D eigenvalue weighted by molar-refractivity contribution is 0.133. The Labute approximate surface area is 139 Å². The molecule has 0 aliphatic heterocycles. The lowest BCUT2D eigenvalue weighted by atomic mass is 9.64. The summed E-state index contributed by atoms with van der Waals surface area (Å²) >= 11 is 0. The standard InChI is InChI=1S/C21H27FO/c1-3-11-23-21-10-9-19(14-20(21)22)18-8-7-16-12-15(4-2)5-6-17(16)13-18/h3-4,9-10,14-18H,1-2,5-8,11-13H2. The molecular weight excluding hydrogens is 287 g/mol. The van der Waals surface area contributed by atoms with Gasteiger partial charge in [0.1, 0.15) is 6.61 Å². The molecule has 2 saturated carbocycles. The Hall–Kier alpha value is -1.57. The summed E-state index contributed by atoms with van der Waals surface area (Å²) in [5.41, 5.74) is 1.14. The third-order valence-corrected chi connectivity index (χ3v) is 5.77. The summed E-state index contributed by atoms with van der Waals surface area (Å²) in [5.74, 6) is 2.95. The first-order valence-corrected chi connectivity index (χ1v) is 8.87. The van der Waals surface area contributed by atoms with Crippen molar-refractivity contribution >= 4 is 0 Å². The molecule has 4 unspecified atom stereocenters. The fourth-order valence-corrected chi connectivity index (χ4v) is 4.48. The van der Waals surface area contributed by atoms with E-state index in [0.717, 1.165) is 17.4 Å². The quantitative estimate of drug-likeness (QED) is 0.617. The van der Waals surface area contributed by atoms with Gasteiger partial charge in [-0.1, -0.05) is 24.8 Å². The van der Waals surface area contributed by atoms with E-state index < -0.39 is 0 Å². The number of rotatable bonds is 5. The van der Waals surface area contributed by atoms with Gasteiger partial charge in [-0.2, -0.15) is 0 Å². The molecule has 0 N–H and O–H groups in total. The first-order chi connectivity index (χ1) is 11.2. The first-order valence-electron chi connectivity index (χ1n) is 8.87. The van der Waals surface area contributed by atoms with E-state index in [0.29, 0.717) is 24.2 Å². The van der Waals surface area contributed by atoms with Gasteiger partial charge in [-0.25, -0.2) is 4.39 Å².